The van der Waals surface area contributed by atoms with Gasteiger partial charge in [0.05, 0.1) is 6.42 Å². The molecule has 0 atom stereocenters. The number of ether oxygens (including phenoxy) is 1. The van der Waals surface area contributed by atoms with E-state index in [1.165, 1.54) is 0 Å². The van der Waals surface area contributed by atoms with Gasteiger partial charge in [-0.05, 0) is 23.3 Å². The SMILES string of the molecule is CCC(OC)=[O+][B-](c1c(F)c(F)c(F)c(F)c1F)(c1c(F)c(F)c(F)c(F)c1F)c1c(F)c(F)c(F)c(F)c1F. The normalized spacial score (nSPS) is 12.4. The van der Waals surface area contributed by atoms with Gasteiger partial charge >= 0.3 is 12.3 Å². The van der Waals surface area contributed by atoms with Crippen LogP contribution in [-0.4, -0.2) is 19.4 Å². The van der Waals surface area contributed by atoms with Crippen molar-refractivity contribution in [3.63, 3.8) is 0 Å². The minimum absolute atomic E-state index is 0.565. The first kappa shape index (κ1) is 30.7. The van der Waals surface area contributed by atoms with E-state index in [1.54, 1.807) is 0 Å². The molecule has 0 N–H and O–H groups in total. The first-order valence-electron chi connectivity index (χ1n) is 10.3. The van der Waals surface area contributed by atoms with Gasteiger partial charge in [-0.3, -0.25) is 0 Å². The van der Waals surface area contributed by atoms with Crippen molar-refractivity contribution < 1.29 is 74.9 Å². The zero-order valence-electron chi connectivity index (χ0n) is 19.3. The number of methoxy groups -OCH3 is 1. The van der Waals surface area contributed by atoms with Crippen molar-refractivity contribution in [2.24, 2.45) is 0 Å². The lowest BCUT2D eigenvalue weighted by atomic mass is 9.27. The average Bonchev–Trinajstić information content (AvgIpc) is 2.93. The second-order valence-corrected chi connectivity index (χ2v) is 7.78. The third kappa shape index (κ3) is 4.14. The summed E-state index contributed by atoms with van der Waals surface area (Å²) in [5.41, 5.74) is -8.65. The molecule has 0 saturated carbocycles. The molecule has 40 heavy (non-hydrogen) atoms. The molecule has 0 spiro atoms. The van der Waals surface area contributed by atoms with Gasteiger partial charge in [0.15, 0.2) is 59.5 Å². The maximum atomic E-state index is 15.2. The van der Waals surface area contributed by atoms with Gasteiger partial charge in [0.1, 0.15) is 34.9 Å². The molecule has 2 nitrogen and oxygen atoms in total. The number of carbonyl (C=O) groups excluding carboxylic acids is 1. The van der Waals surface area contributed by atoms with Crippen LogP contribution in [0.25, 0.3) is 0 Å². The smallest absolute Gasteiger partial charge is 0.427 e. The number of rotatable bonds is 5. The van der Waals surface area contributed by atoms with Gasteiger partial charge < -0.3 is 9.08 Å². The number of benzene rings is 3. The van der Waals surface area contributed by atoms with Crippen LogP contribution in [0.2, 0.25) is 0 Å². The van der Waals surface area contributed by atoms with E-state index in [0.29, 0.717) is 7.11 Å². The minimum Gasteiger partial charge on any atom is -0.564 e. The Morgan fingerprint density at radius 3 is 0.825 bits per heavy atom. The van der Waals surface area contributed by atoms with E-state index >= 15 is 26.3 Å². The van der Waals surface area contributed by atoms with Crippen LogP contribution in [0.15, 0.2) is 0 Å². The van der Waals surface area contributed by atoms with E-state index in [2.05, 4.69) is 4.74 Å². The first-order valence-corrected chi connectivity index (χ1v) is 10.3. The van der Waals surface area contributed by atoms with Gasteiger partial charge in [-0.15, -0.1) is 0 Å². The monoisotopic (exact) mass is 600 g/mol. The van der Waals surface area contributed by atoms with Gasteiger partial charge in [-0.25, -0.2) is 65.9 Å². The molecule has 0 aromatic heterocycles. The molecule has 0 fully saturated rings. The molecule has 0 heterocycles. The highest BCUT2D eigenvalue weighted by Gasteiger charge is 2.55. The number of halogens is 15. The number of hydrogen-bond acceptors (Lipinski definition) is 1. The van der Waals surface area contributed by atoms with Crippen LogP contribution < -0.4 is 16.4 Å². The van der Waals surface area contributed by atoms with Crippen LogP contribution in [0, 0.1) is 87.3 Å². The van der Waals surface area contributed by atoms with Crippen molar-refractivity contribution in [3.05, 3.63) is 87.3 Å². The Bertz CT molecular complexity index is 1330. The molecule has 216 valence electrons. The zero-order chi connectivity index (χ0) is 30.6. The summed E-state index contributed by atoms with van der Waals surface area (Å²) in [5.74, 6) is -48.2. The van der Waals surface area contributed by atoms with E-state index in [1.807, 2.05) is 0 Å². The maximum Gasteiger partial charge on any atom is 0.427 e. The first-order chi connectivity index (χ1) is 18.5. The van der Waals surface area contributed by atoms with E-state index in [-0.39, 0.29) is 0 Å². The molecule has 0 aliphatic heterocycles. The van der Waals surface area contributed by atoms with Crippen LogP contribution >= 0.6 is 0 Å². The largest absolute Gasteiger partial charge is 0.564 e. The molecule has 3 rings (SSSR count). The quantitative estimate of drug-likeness (QED) is 0.103. The number of esters is 1. The Labute approximate surface area is 212 Å². The fourth-order valence-corrected chi connectivity index (χ4v) is 4.02. The van der Waals surface area contributed by atoms with E-state index in [0.717, 1.165) is 6.92 Å². The van der Waals surface area contributed by atoms with E-state index in [4.69, 9.17) is 4.34 Å². The molecular weight excluding hydrogens is 592 g/mol. The summed E-state index contributed by atoms with van der Waals surface area (Å²) in [6.07, 6.45) is -6.96. The summed E-state index contributed by atoms with van der Waals surface area (Å²) >= 11 is 0. The summed E-state index contributed by atoms with van der Waals surface area (Å²) in [4.78, 5) is 0. The number of hydrogen-bond donors (Lipinski definition) is 0. The Balaban J connectivity index is 2.98. The Morgan fingerprint density at radius 1 is 0.450 bits per heavy atom. The highest BCUT2D eigenvalue weighted by molar-refractivity contribution is 7.05. The highest BCUT2D eigenvalue weighted by atomic mass is 19.2. The maximum absolute atomic E-state index is 15.2. The molecular formula is C22H8BF15O2. The Kier molecular flexibility index (Phi) is 8.14. The van der Waals surface area contributed by atoms with Gasteiger partial charge in [0, 0.05) is 0 Å². The van der Waals surface area contributed by atoms with Crippen LogP contribution in [0.3, 0.4) is 0 Å². The highest BCUT2D eigenvalue weighted by Crippen LogP contribution is 2.27. The van der Waals surface area contributed by atoms with Crippen molar-refractivity contribution in [3.8, 4) is 0 Å². The molecule has 0 unspecified atom stereocenters. The summed E-state index contributed by atoms with van der Waals surface area (Å²) in [7, 11) is 0.565. The lowest BCUT2D eigenvalue weighted by Gasteiger charge is -2.35. The topological polar surface area (TPSA) is 20.5 Å². The summed E-state index contributed by atoms with van der Waals surface area (Å²) in [5, 5.41) is 0. The fraction of sp³-hybridized carbons (Fsp3) is 0.136. The lowest BCUT2D eigenvalue weighted by molar-refractivity contribution is -0.314. The van der Waals surface area contributed by atoms with E-state index < -0.39 is 122 Å². The van der Waals surface area contributed by atoms with Gasteiger partial charge in [0.25, 0.3) is 0 Å². The summed E-state index contributed by atoms with van der Waals surface area (Å²) < 4.78 is 227. The van der Waals surface area contributed by atoms with Gasteiger partial charge in [-0.1, -0.05) is 0 Å². The van der Waals surface area contributed by atoms with Crippen molar-refractivity contribution >= 4 is 28.7 Å². The second-order valence-electron chi connectivity index (χ2n) is 7.78. The van der Waals surface area contributed by atoms with Crippen LogP contribution in [0.4, 0.5) is 65.9 Å². The lowest BCUT2D eigenvalue weighted by Crippen LogP contribution is -2.74. The van der Waals surface area contributed by atoms with Gasteiger partial charge in [-0.2, -0.15) is 0 Å². The molecule has 0 aliphatic carbocycles. The van der Waals surface area contributed by atoms with Crippen LogP contribution in [0.1, 0.15) is 13.3 Å². The molecule has 0 amide bonds. The fourth-order valence-electron chi connectivity index (χ4n) is 4.02. The predicted octanol–water partition coefficient (Wildman–Crippen LogP) is 4.86. The van der Waals surface area contributed by atoms with E-state index in [9.17, 15) is 39.5 Å². The Morgan fingerprint density at radius 2 is 0.650 bits per heavy atom. The molecule has 0 saturated heterocycles. The third-order valence-corrected chi connectivity index (χ3v) is 5.78. The average molecular weight is 600 g/mol. The van der Waals surface area contributed by atoms with Crippen molar-refractivity contribution in [1.82, 2.24) is 0 Å². The molecule has 3 aromatic rings. The zero-order valence-corrected chi connectivity index (χ0v) is 19.3. The predicted molar refractivity (Wildman–Crippen MR) is 106 cm³/mol. The summed E-state index contributed by atoms with van der Waals surface area (Å²) in [6.45, 7) is 0.940. The molecule has 0 radical (unpaired) electrons. The van der Waals surface area contributed by atoms with Crippen molar-refractivity contribution in [1.29, 1.82) is 0 Å². The van der Waals surface area contributed by atoms with Crippen LogP contribution in [0.5, 0.6) is 0 Å². The molecule has 3 aromatic carbocycles. The molecule has 18 heteroatoms. The van der Waals surface area contributed by atoms with Crippen molar-refractivity contribution in [2.45, 2.75) is 13.3 Å². The third-order valence-electron chi connectivity index (χ3n) is 5.78. The second kappa shape index (κ2) is 10.6. The molecule has 0 aliphatic rings. The molecule has 0 bridgehead atoms. The van der Waals surface area contributed by atoms with Gasteiger partial charge in [0.2, 0.25) is 0 Å². The summed E-state index contributed by atoms with van der Waals surface area (Å²) in [6, 6.07) is 0. The van der Waals surface area contributed by atoms with Crippen molar-refractivity contribution in [2.75, 3.05) is 7.11 Å². The van der Waals surface area contributed by atoms with Crippen LogP contribution in [-0.2, 0) is 9.08 Å². The Hall–Kier alpha value is -3.86. The minimum atomic E-state index is -6.13. The standard InChI is InChI=1S/C22H8BF15O2/c1-3-4(39-2)40-23(5-8(24)14(30)20(36)15(31)9(5)25,6-10(26)16(32)21(37)17(33)11(6)27)7-12(28)18(34)22(38)19(35)13(7)29/h3H2,1-2H3.